The van der Waals surface area contributed by atoms with Crippen molar-refractivity contribution < 1.29 is 47.5 Å². The van der Waals surface area contributed by atoms with Gasteiger partial charge in [-0.25, -0.2) is 0 Å². The molecule has 0 aliphatic carbocycles. The first-order chi connectivity index (χ1) is 20.1. The van der Waals surface area contributed by atoms with Crippen LogP contribution in [0, 0.1) is 16.2 Å². The van der Waals surface area contributed by atoms with Gasteiger partial charge in [0.25, 0.3) is 0 Å². The van der Waals surface area contributed by atoms with Gasteiger partial charge < -0.3 is 33.2 Å². The maximum Gasteiger partial charge on any atom is 0.318 e. The van der Waals surface area contributed by atoms with E-state index in [-0.39, 0.29) is 46.2 Å². The molecule has 0 atom stereocenters. The van der Waals surface area contributed by atoms with E-state index in [9.17, 15) is 14.4 Å². The minimum absolute atomic E-state index is 0.0692. The molecule has 2 saturated heterocycles. The third kappa shape index (κ3) is 7.55. The Hall–Kier alpha value is -3.31. The lowest BCUT2D eigenvalue weighted by Gasteiger charge is -2.37. The average Bonchev–Trinajstić information content (AvgIpc) is 3.02. The second-order valence-electron chi connectivity index (χ2n) is 11.7. The Balaban J connectivity index is 1.33. The molecule has 228 valence electrons. The third-order valence-corrected chi connectivity index (χ3v) is 7.32. The molecule has 0 radical (unpaired) electrons. The van der Waals surface area contributed by atoms with E-state index in [1.807, 2.05) is 67.6 Å². The van der Waals surface area contributed by atoms with Crippen molar-refractivity contribution in [1.82, 2.24) is 0 Å². The van der Waals surface area contributed by atoms with Crippen LogP contribution in [0.1, 0.15) is 57.8 Å². The van der Waals surface area contributed by atoms with Crippen LogP contribution >= 0.6 is 0 Å². The highest BCUT2D eigenvalue weighted by atomic mass is 16.7. The maximum absolute atomic E-state index is 13.2. The Morgan fingerprint density at radius 2 is 1.10 bits per heavy atom. The fourth-order valence-electron chi connectivity index (χ4n) is 4.39. The number of carbonyl (C=O) groups is 3. The van der Waals surface area contributed by atoms with Gasteiger partial charge in [0.05, 0.1) is 33.0 Å². The van der Waals surface area contributed by atoms with Crippen LogP contribution < -0.4 is 0 Å². The molecule has 0 aromatic heterocycles. The lowest BCUT2D eigenvalue weighted by molar-refractivity contribution is -0.239. The fourth-order valence-corrected chi connectivity index (χ4v) is 4.39. The van der Waals surface area contributed by atoms with Crippen LogP contribution in [0.5, 0.6) is 0 Å². The first-order valence-corrected chi connectivity index (χ1v) is 14.2. The van der Waals surface area contributed by atoms with Gasteiger partial charge >= 0.3 is 17.9 Å². The molecular weight excluding hydrogens is 544 g/mol. The van der Waals surface area contributed by atoms with E-state index in [2.05, 4.69) is 0 Å². The molecule has 10 heteroatoms. The molecule has 10 nitrogen and oxygen atoms in total. The normalized spacial score (nSPS) is 27.3. The zero-order chi connectivity index (χ0) is 30.2. The Kier molecular flexibility index (Phi) is 10.4. The highest BCUT2D eigenvalue weighted by Crippen LogP contribution is 2.35. The summed E-state index contributed by atoms with van der Waals surface area (Å²) in [4.78, 5) is 39.4. The zero-order valence-electron chi connectivity index (χ0n) is 24.7. The van der Waals surface area contributed by atoms with Gasteiger partial charge in [-0.15, -0.1) is 0 Å². The van der Waals surface area contributed by atoms with Gasteiger partial charge in [-0.1, -0.05) is 67.6 Å². The number of rotatable bonds is 11. The van der Waals surface area contributed by atoms with Crippen molar-refractivity contribution in [3.8, 4) is 0 Å². The van der Waals surface area contributed by atoms with Gasteiger partial charge in [0, 0.05) is 11.1 Å². The summed E-state index contributed by atoms with van der Waals surface area (Å²) >= 11 is 0. The van der Waals surface area contributed by atoms with E-state index in [1.54, 1.807) is 13.8 Å². The van der Waals surface area contributed by atoms with Gasteiger partial charge in [0.2, 0.25) is 0 Å². The predicted octanol–water partition coefficient (Wildman–Crippen LogP) is 4.54. The third-order valence-electron chi connectivity index (χ3n) is 7.32. The predicted molar refractivity (Wildman–Crippen MR) is 150 cm³/mol. The van der Waals surface area contributed by atoms with Crippen molar-refractivity contribution in [2.75, 3.05) is 46.2 Å². The summed E-state index contributed by atoms with van der Waals surface area (Å²) in [6, 6.07) is 18.8. The van der Waals surface area contributed by atoms with Crippen molar-refractivity contribution >= 4 is 17.9 Å². The van der Waals surface area contributed by atoms with Gasteiger partial charge in [0.1, 0.15) is 29.5 Å². The zero-order valence-corrected chi connectivity index (χ0v) is 24.7. The fraction of sp³-hybridized carbons (Fsp3) is 0.531. The molecule has 42 heavy (non-hydrogen) atoms. The van der Waals surface area contributed by atoms with Gasteiger partial charge in [-0.2, -0.15) is 0 Å². The van der Waals surface area contributed by atoms with E-state index >= 15 is 0 Å². The lowest BCUT2D eigenvalue weighted by Crippen LogP contribution is -2.48. The molecule has 0 amide bonds. The van der Waals surface area contributed by atoms with Crippen LogP contribution in [0.3, 0.4) is 0 Å². The number of carbonyl (C=O) groups excluding carboxylic acids is 3. The van der Waals surface area contributed by atoms with Crippen LogP contribution in [-0.2, 0) is 47.5 Å². The molecule has 2 fully saturated rings. The smallest absolute Gasteiger partial charge is 0.318 e. The number of hydrogen-bond acceptors (Lipinski definition) is 10. The van der Waals surface area contributed by atoms with Crippen molar-refractivity contribution in [1.29, 1.82) is 0 Å². The van der Waals surface area contributed by atoms with E-state index in [1.165, 1.54) is 6.92 Å². The van der Waals surface area contributed by atoms with Crippen molar-refractivity contribution in [3.05, 3.63) is 71.8 Å². The Labute approximate surface area is 246 Å². The van der Waals surface area contributed by atoms with Crippen LogP contribution in [0.4, 0.5) is 0 Å². The molecule has 2 aliphatic rings. The first kappa shape index (κ1) is 31.6. The summed E-state index contributed by atoms with van der Waals surface area (Å²) < 4.78 is 39.9. The second-order valence-corrected chi connectivity index (χ2v) is 11.7. The van der Waals surface area contributed by atoms with Crippen LogP contribution in [-0.4, -0.2) is 64.2 Å². The minimum atomic E-state index is -1.45. The van der Waals surface area contributed by atoms with Gasteiger partial charge in [0.15, 0.2) is 12.6 Å². The monoisotopic (exact) mass is 584 g/mol. The standard InChI is InChI=1S/C32H40O10/c1-5-16-36-27(33)32(4,21-41-28(34)30(2)17-37-25(38-18-30)23-12-8-6-9-13-23)22-42-29(35)31(3)19-39-26(40-20-31)24-14-10-7-11-15-24/h6-15,25-26H,5,16-22H2,1-4H3. The molecule has 4 rings (SSSR count). The molecular formula is C32H40O10. The number of benzene rings is 2. The molecule has 0 N–H and O–H groups in total. The van der Waals surface area contributed by atoms with E-state index in [0.29, 0.717) is 6.42 Å². The number of ether oxygens (including phenoxy) is 7. The molecule has 0 saturated carbocycles. The van der Waals surface area contributed by atoms with Crippen molar-refractivity contribution in [2.45, 2.75) is 46.7 Å². The molecule has 0 spiro atoms. The molecule has 0 bridgehead atoms. The number of esters is 3. The molecule has 0 unspecified atom stereocenters. The number of hydrogen-bond donors (Lipinski definition) is 0. The lowest BCUT2D eigenvalue weighted by atomic mass is 9.90. The molecule has 2 heterocycles. The highest BCUT2D eigenvalue weighted by molar-refractivity contribution is 5.81. The Morgan fingerprint density at radius 1 is 0.714 bits per heavy atom. The summed E-state index contributed by atoms with van der Waals surface area (Å²) in [5.41, 5.74) is -1.93. The van der Waals surface area contributed by atoms with E-state index in [0.717, 1.165) is 11.1 Å². The largest absolute Gasteiger partial charge is 0.465 e. The Morgan fingerprint density at radius 3 is 1.45 bits per heavy atom. The molecule has 2 aliphatic heterocycles. The van der Waals surface area contributed by atoms with E-state index < -0.39 is 46.7 Å². The molecule has 2 aromatic carbocycles. The first-order valence-electron chi connectivity index (χ1n) is 14.2. The van der Waals surface area contributed by atoms with Crippen LogP contribution in [0.25, 0.3) is 0 Å². The minimum Gasteiger partial charge on any atom is -0.465 e. The van der Waals surface area contributed by atoms with Crippen LogP contribution in [0.2, 0.25) is 0 Å². The highest BCUT2D eigenvalue weighted by Gasteiger charge is 2.46. The summed E-state index contributed by atoms with van der Waals surface area (Å²) in [5.74, 6) is -1.83. The topological polar surface area (TPSA) is 116 Å². The second kappa shape index (κ2) is 13.8. The van der Waals surface area contributed by atoms with Crippen LogP contribution in [0.15, 0.2) is 60.7 Å². The van der Waals surface area contributed by atoms with Gasteiger partial charge in [-0.3, -0.25) is 14.4 Å². The molecule has 2 aromatic rings. The summed E-state index contributed by atoms with van der Waals surface area (Å²) in [7, 11) is 0. The van der Waals surface area contributed by atoms with Gasteiger partial charge in [-0.05, 0) is 27.2 Å². The quantitative estimate of drug-likeness (QED) is 0.275. The Bertz CT molecular complexity index is 1100. The maximum atomic E-state index is 13.2. The summed E-state index contributed by atoms with van der Waals surface area (Å²) in [6.07, 6.45) is -0.567. The SMILES string of the molecule is CCCOC(=O)C(C)(COC(=O)C1(C)COC(c2ccccc2)OC1)COC(=O)C1(C)COC(c2ccccc2)OC1. The average molecular weight is 585 g/mol. The van der Waals surface area contributed by atoms with E-state index in [4.69, 9.17) is 33.2 Å². The van der Waals surface area contributed by atoms with Crippen molar-refractivity contribution in [3.63, 3.8) is 0 Å². The summed E-state index contributed by atoms with van der Waals surface area (Å²) in [5, 5.41) is 0. The summed E-state index contributed by atoms with van der Waals surface area (Å²) in [6.45, 7) is 6.48. The van der Waals surface area contributed by atoms with Crippen molar-refractivity contribution in [2.24, 2.45) is 16.2 Å².